The Morgan fingerprint density at radius 1 is 1.35 bits per heavy atom. The summed E-state index contributed by atoms with van der Waals surface area (Å²) in [5.41, 5.74) is 0.788. The summed E-state index contributed by atoms with van der Waals surface area (Å²) in [6.45, 7) is 10.2. The van der Waals surface area contributed by atoms with Gasteiger partial charge in [0.05, 0.1) is 6.54 Å². The first-order valence-electron chi connectivity index (χ1n) is 5.94. The first-order valence-corrected chi connectivity index (χ1v) is 5.94. The second kappa shape index (κ2) is 7.71. The topological polar surface area (TPSA) is 15.3 Å². The molecule has 0 amide bonds. The van der Waals surface area contributed by atoms with Gasteiger partial charge in [0.2, 0.25) is 0 Å². The van der Waals surface area contributed by atoms with Gasteiger partial charge in [-0.3, -0.25) is 4.90 Å². The van der Waals surface area contributed by atoms with Gasteiger partial charge < -0.3 is 5.32 Å². The van der Waals surface area contributed by atoms with Gasteiger partial charge in [-0.15, -0.1) is 0 Å². The van der Waals surface area contributed by atoms with Gasteiger partial charge in [0.15, 0.2) is 0 Å². The van der Waals surface area contributed by atoms with Crippen molar-refractivity contribution in [2.75, 3.05) is 26.2 Å². The van der Waals surface area contributed by atoms with Gasteiger partial charge in [-0.05, 0) is 32.4 Å². The Bertz CT molecular complexity index is 224. The number of nitrogens with one attached hydrogen (secondary N) is 1. The Hall–Kier alpha value is -0.550. The van der Waals surface area contributed by atoms with Crippen molar-refractivity contribution in [3.63, 3.8) is 0 Å². The van der Waals surface area contributed by atoms with Crippen LogP contribution in [-0.2, 0) is 0 Å². The average Bonchev–Trinajstić information content (AvgIpc) is 2.15. The molecule has 0 spiro atoms. The third-order valence-electron chi connectivity index (χ3n) is 2.34. The quantitative estimate of drug-likeness (QED) is 0.528. The van der Waals surface area contributed by atoms with Crippen LogP contribution in [0.4, 0.5) is 13.2 Å². The van der Waals surface area contributed by atoms with E-state index in [1.54, 1.807) is 13.8 Å². The maximum absolute atomic E-state index is 12.3. The molecule has 0 aromatic rings. The van der Waals surface area contributed by atoms with Crippen LogP contribution in [0.2, 0.25) is 0 Å². The minimum atomic E-state index is -4.15. The second-order valence-electron chi connectivity index (χ2n) is 4.54. The van der Waals surface area contributed by atoms with Crippen LogP contribution in [0.5, 0.6) is 0 Å². The maximum atomic E-state index is 12.3. The van der Waals surface area contributed by atoms with E-state index in [-0.39, 0.29) is 12.6 Å². The first-order chi connectivity index (χ1) is 7.76. The fourth-order valence-corrected chi connectivity index (χ4v) is 1.44. The number of rotatable bonds is 8. The number of halogens is 3. The molecule has 5 heteroatoms. The lowest BCUT2D eigenvalue weighted by atomic mass is 10.2. The molecule has 0 heterocycles. The van der Waals surface area contributed by atoms with E-state index in [0.29, 0.717) is 6.54 Å². The van der Waals surface area contributed by atoms with Gasteiger partial charge in [-0.2, -0.15) is 13.2 Å². The summed E-state index contributed by atoms with van der Waals surface area (Å²) in [7, 11) is 0. The molecular formula is C12H23F3N2. The van der Waals surface area contributed by atoms with Gasteiger partial charge in [-0.25, -0.2) is 0 Å². The van der Waals surface area contributed by atoms with Crippen LogP contribution in [0.15, 0.2) is 12.2 Å². The Morgan fingerprint density at radius 3 is 2.35 bits per heavy atom. The van der Waals surface area contributed by atoms with E-state index in [1.807, 2.05) is 6.92 Å². The number of alkyl halides is 3. The molecule has 0 rings (SSSR count). The Labute approximate surface area is 102 Å². The molecule has 0 atom stereocenters. The average molecular weight is 252 g/mol. The zero-order valence-corrected chi connectivity index (χ0v) is 10.9. The molecule has 0 aromatic heterocycles. The highest BCUT2D eigenvalue weighted by atomic mass is 19.4. The lowest BCUT2D eigenvalue weighted by Crippen LogP contribution is -2.41. The van der Waals surface area contributed by atoms with Gasteiger partial charge in [0, 0.05) is 19.1 Å². The summed E-state index contributed by atoms with van der Waals surface area (Å²) < 4.78 is 37.0. The molecule has 17 heavy (non-hydrogen) atoms. The SMILES string of the molecule is C=C(CNCCC)CN(CC(F)(F)F)C(C)C. The summed E-state index contributed by atoms with van der Waals surface area (Å²) >= 11 is 0. The molecule has 0 aliphatic carbocycles. The molecule has 0 radical (unpaired) electrons. The highest BCUT2D eigenvalue weighted by Crippen LogP contribution is 2.18. The van der Waals surface area contributed by atoms with Crippen molar-refractivity contribution in [2.45, 2.75) is 39.4 Å². The molecule has 0 unspecified atom stereocenters. The second-order valence-corrected chi connectivity index (χ2v) is 4.54. The number of nitrogens with zero attached hydrogens (tertiary/aromatic N) is 1. The summed E-state index contributed by atoms with van der Waals surface area (Å²) in [6.07, 6.45) is -3.15. The zero-order valence-electron chi connectivity index (χ0n) is 10.9. The first kappa shape index (κ1) is 16.4. The highest BCUT2D eigenvalue weighted by Gasteiger charge is 2.31. The van der Waals surface area contributed by atoms with Crippen LogP contribution in [0.1, 0.15) is 27.2 Å². The normalized spacial score (nSPS) is 12.5. The monoisotopic (exact) mass is 252 g/mol. The van der Waals surface area contributed by atoms with Gasteiger partial charge in [-0.1, -0.05) is 13.5 Å². The van der Waals surface area contributed by atoms with E-state index in [4.69, 9.17) is 0 Å². The van der Waals surface area contributed by atoms with Crippen LogP contribution in [0.25, 0.3) is 0 Å². The largest absolute Gasteiger partial charge is 0.401 e. The van der Waals surface area contributed by atoms with Crippen LogP contribution in [0, 0.1) is 0 Å². The summed E-state index contributed by atoms with van der Waals surface area (Å²) in [5.74, 6) is 0. The van der Waals surface area contributed by atoms with Crippen LogP contribution < -0.4 is 5.32 Å². The smallest absolute Gasteiger partial charge is 0.313 e. The van der Waals surface area contributed by atoms with Gasteiger partial charge >= 0.3 is 6.18 Å². The standard InChI is InChI=1S/C12H23F3N2/c1-5-6-16-7-11(4)8-17(10(2)3)9-12(13,14)15/h10,16H,4-9H2,1-3H3. The molecule has 102 valence electrons. The number of hydrogen-bond donors (Lipinski definition) is 1. The highest BCUT2D eigenvalue weighted by molar-refractivity contribution is 5.00. The molecule has 0 saturated heterocycles. The minimum absolute atomic E-state index is 0.139. The Balaban J connectivity index is 4.12. The molecule has 0 saturated carbocycles. The van der Waals surface area contributed by atoms with Crippen molar-refractivity contribution in [2.24, 2.45) is 0 Å². The molecule has 0 bridgehead atoms. The zero-order chi connectivity index (χ0) is 13.5. The summed E-state index contributed by atoms with van der Waals surface area (Å²) in [6, 6.07) is -0.139. The Morgan fingerprint density at radius 2 is 1.94 bits per heavy atom. The molecule has 0 aliphatic heterocycles. The molecular weight excluding hydrogens is 229 g/mol. The molecule has 0 aliphatic rings. The van der Waals surface area contributed by atoms with Crippen molar-refractivity contribution >= 4 is 0 Å². The number of hydrogen-bond acceptors (Lipinski definition) is 2. The molecule has 2 nitrogen and oxygen atoms in total. The summed E-state index contributed by atoms with van der Waals surface area (Å²) in [4.78, 5) is 1.38. The van der Waals surface area contributed by atoms with E-state index >= 15 is 0 Å². The lowest BCUT2D eigenvalue weighted by molar-refractivity contribution is -0.148. The lowest BCUT2D eigenvalue weighted by Gasteiger charge is -2.28. The van der Waals surface area contributed by atoms with Crippen molar-refractivity contribution < 1.29 is 13.2 Å². The molecule has 0 aromatic carbocycles. The maximum Gasteiger partial charge on any atom is 0.401 e. The van der Waals surface area contributed by atoms with E-state index in [0.717, 1.165) is 18.5 Å². The predicted molar refractivity (Wildman–Crippen MR) is 65.1 cm³/mol. The summed E-state index contributed by atoms with van der Waals surface area (Å²) in [5, 5.41) is 3.13. The fourth-order valence-electron chi connectivity index (χ4n) is 1.44. The van der Waals surface area contributed by atoms with Crippen molar-refractivity contribution in [3.8, 4) is 0 Å². The molecule has 0 fully saturated rings. The van der Waals surface area contributed by atoms with Crippen molar-refractivity contribution in [3.05, 3.63) is 12.2 Å². The van der Waals surface area contributed by atoms with Crippen molar-refractivity contribution in [1.29, 1.82) is 0 Å². The van der Waals surface area contributed by atoms with Gasteiger partial charge in [0.1, 0.15) is 0 Å². The van der Waals surface area contributed by atoms with Crippen LogP contribution >= 0.6 is 0 Å². The minimum Gasteiger partial charge on any atom is -0.313 e. The third kappa shape index (κ3) is 9.18. The predicted octanol–water partition coefficient (Wildman–Crippen LogP) is 2.81. The van der Waals surface area contributed by atoms with Crippen LogP contribution in [-0.4, -0.2) is 43.3 Å². The van der Waals surface area contributed by atoms with E-state index < -0.39 is 12.7 Å². The van der Waals surface area contributed by atoms with Gasteiger partial charge in [0.25, 0.3) is 0 Å². The third-order valence-corrected chi connectivity index (χ3v) is 2.34. The fraction of sp³-hybridized carbons (Fsp3) is 0.833. The molecule has 1 N–H and O–H groups in total. The van der Waals surface area contributed by atoms with E-state index in [1.165, 1.54) is 4.90 Å². The van der Waals surface area contributed by atoms with E-state index in [9.17, 15) is 13.2 Å². The van der Waals surface area contributed by atoms with Crippen molar-refractivity contribution in [1.82, 2.24) is 10.2 Å². The van der Waals surface area contributed by atoms with Crippen LogP contribution in [0.3, 0.4) is 0 Å². The Kier molecular flexibility index (Phi) is 7.46. The van der Waals surface area contributed by atoms with E-state index in [2.05, 4.69) is 11.9 Å².